The van der Waals surface area contributed by atoms with E-state index in [4.69, 9.17) is 9.31 Å². The molecule has 2 heterocycles. The highest BCUT2D eigenvalue weighted by molar-refractivity contribution is 6.54. The lowest BCUT2D eigenvalue weighted by atomic mass is 9.74. The van der Waals surface area contributed by atoms with Crippen LogP contribution in [0, 0.1) is 0 Å². The van der Waals surface area contributed by atoms with Crippen LogP contribution >= 0.6 is 0 Å². The van der Waals surface area contributed by atoms with Gasteiger partial charge < -0.3 is 19.3 Å². The molecule has 0 aromatic carbocycles. The number of nitrogens with zero attached hydrogens (tertiary/aromatic N) is 1. The fraction of sp³-hybridized carbons (Fsp3) is 0.786. The van der Waals surface area contributed by atoms with Crippen LogP contribution in [0.25, 0.3) is 0 Å². The lowest BCUT2D eigenvalue weighted by Gasteiger charge is -2.32. The zero-order chi connectivity index (χ0) is 15.1. The predicted molar refractivity (Wildman–Crippen MR) is 77.0 cm³/mol. The first-order chi connectivity index (χ1) is 9.14. The molecule has 5 nitrogen and oxygen atoms in total. The zero-order valence-corrected chi connectivity index (χ0v) is 13.0. The quantitative estimate of drug-likeness (QED) is 0.772. The molecule has 0 saturated carbocycles. The summed E-state index contributed by atoms with van der Waals surface area (Å²) in [6.45, 7) is 10.7. The highest BCUT2D eigenvalue weighted by atomic mass is 16.7. The molecule has 20 heavy (non-hydrogen) atoms. The fourth-order valence-corrected chi connectivity index (χ4v) is 2.36. The van der Waals surface area contributed by atoms with Gasteiger partial charge in [0.1, 0.15) is 6.10 Å². The summed E-state index contributed by atoms with van der Waals surface area (Å²) in [5.74, 6) is -0.228. The van der Waals surface area contributed by atoms with Gasteiger partial charge in [0.2, 0.25) is 0 Å². The maximum atomic E-state index is 11.7. The highest BCUT2D eigenvalue weighted by Crippen LogP contribution is 2.39. The lowest BCUT2D eigenvalue weighted by molar-refractivity contribution is -0.138. The molecule has 1 atom stereocenters. The molecule has 1 N–H and O–H groups in total. The van der Waals surface area contributed by atoms with E-state index < -0.39 is 6.10 Å². The summed E-state index contributed by atoms with van der Waals surface area (Å²) in [5, 5.41) is 9.33. The number of rotatable bonds is 2. The van der Waals surface area contributed by atoms with Crippen LogP contribution in [0.2, 0.25) is 0 Å². The molecule has 1 saturated heterocycles. The third-order valence-electron chi connectivity index (χ3n) is 4.47. The molecule has 0 spiro atoms. The zero-order valence-electron chi connectivity index (χ0n) is 13.0. The summed E-state index contributed by atoms with van der Waals surface area (Å²) in [6.07, 6.45) is 1.75. The van der Waals surface area contributed by atoms with Crippen molar-refractivity contribution in [2.24, 2.45) is 0 Å². The summed E-state index contributed by atoms with van der Waals surface area (Å²) < 4.78 is 12.0. The maximum Gasteiger partial charge on any atom is 0.490 e. The van der Waals surface area contributed by atoms with Gasteiger partial charge in [-0.2, -0.15) is 0 Å². The molecule has 6 heteroatoms. The van der Waals surface area contributed by atoms with Crippen LogP contribution in [-0.2, 0) is 14.1 Å². The molecule has 1 fully saturated rings. The van der Waals surface area contributed by atoms with E-state index in [9.17, 15) is 9.90 Å². The summed E-state index contributed by atoms with van der Waals surface area (Å²) >= 11 is 0. The second-order valence-electron chi connectivity index (χ2n) is 6.58. The third-order valence-corrected chi connectivity index (χ3v) is 4.47. The fourth-order valence-electron chi connectivity index (χ4n) is 2.36. The Bertz CT molecular complexity index is 415. The van der Waals surface area contributed by atoms with Crippen molar-refractivity contribution in [1.29, 1.82) is 0 Å². The highest BCUT2D eigenvalue weighted by Gasteiger charge is 2.52. The first-order valence-electron chi connectivity index (χ1n) is 7.15. The van der Waals surface area contributed by atoms with E-state index in [1.807, 2.05) is 33.8 Å². The first kappa shape index (κ1) is 15.5. The van der Waals surface area contributed by atoms with E-state index in [0.717, 1.165) is 11.9 Å². The van der Waals surface area contributed by atoms with Gasteiger partial charge in [-0.3, -0.25) is 4.79 Å². The monoisotopic (exact) mass is 281 g/mol. The molecule has 0 aromatic heterocycles. The molecule has 112 valence electrons. The normalized spacial score (nSPS) is 26.4. The van der Waals surface area contributed by atoms with Crippen LogP contribution in [0.1, 0.15) is 41.0 Å². The molecule has 1 amide bonds. The van der Waals surface area contributed by atoms with Gasteiger partial charge in [-0.1, -0.05) is 6.08 Å². The van der Waals surface area contributed by atoms with Crippen molar-refractivity contribution in [3.63, 3.8) is 0 Å². The SMILES string of the molecule is CC(O)C(=O)N1CC=C(B2OC(C)(C)C(C)(C)O2)CC1. The second kappa shape index (κ2) is 5.17. The van der Waals surface area contributed by atoms with Crippen LogP contribution in [0.3, 0.4) is 0 Å². The van der Waals surface area contributed by atoms with E-state index in [0.29, 0.717) is 13.1 Å². The second-order valence-corrected chi connectivity index (χ2v) is 6.58. The number of hydrogen-bond donors (Lipinski definition) is 1. The largest absolute Gasteiger partial charge is 0.490 e. The molecule has 0 bridgehead atoms. The minimum absolute atomic E-state index is 0.228. The topological polar surface area (TPSA) is 59.0 Å². The van der Waals surface area contributed by atoms with E-state index >= 15 is 0 Å². The van der Waals surface area contributed by atoms with Crippen molar-refractivity contribution in [3.8, 4) is 0 Å². The Morgan fingerprint density at radius 2 is 1.90 bits per heavy atom. The molecule has 1 unspecified atom stereocenters. The van der Waals surface area contributed by atoms with Crippen molar-refractivity contribution in [1.82, 2.24) is 4.90 Å². The van der Waals surface area contributed by atoms with Gasteiger partial charge in [0.05, 0.1) is 11.2 Å². The Morgan fingerprint density at radius 3 is 2.30 bits per heavy atom. The molecule has 2 aliphatic heterocycles. The molecule has 2 aliphatic rings. The van der Waals surface area contributed by atoms with Crippen LogP contribution < -0.4 is 0 Å². The van der Waals surface area contributed by atoms with Crippen LogP contribution in [0.15, 0.2) is 11.5 Å². The van der Waals surface area contributed by atoms with Gasteiger partial charge in [-0.25, -0.2) is 0 Å². The van der Waals surface area contributed by atoms with Crippen LogP contribution in [0.5, 0.6) is 0 Å². The van der Waals surface area contributed by atoms with Crippen molar-refractivity contribution < 1.29 is 19.2 Å². The van der Waals surface area contributed by atoms with Gasteiger partial charge in [0.15, 0.2) is 0 Å². The number of aliphatic hydroxyl groups excluding tert-OH is 1. The summed E-state index contributed by atoms with van der Waals surface area (Å²) in [4.78, 5) is 13.4. The summed E-state index contributed by atoms with van der Waals surface area (Å²) in [6, 6.07) is 0. The lowest BCUT2D eigenvalue weighted by Crippen LogP contribution is -2.42. The maximum absolute atomic E-state index is 11.7. The Labute approximate surface area is 121 Å². The number of hydrogen-bond acceptors (Lipinski definition) is 4. The van der Waals surface area contributed by atoms with Crippen LogP contribution in [-0.4, -0.2) is 53.4 Å². The minimum atomic E-state index is -0.943. The summed E-state index contributed by atoms with van der Waals surface area (Å²) in [5.41, 5.74) is 0.397. The standard InChI is InChI=1S/C14H24BNO4/c1-10(17)12(18)16-8-6-11(7-9-16)15-19-13(2,3)14(4,5)20-15/h6,10,17H,7-9H2,1-5H3. The van der Waals surface area contributed by atoms with Crippen molar-refractivity contribution in [2.45, 2.75) is 58.3 Å². The van der Waals surface area contributed by atoms with Crippen molar-refractivity contribution in [3.05, 3.63) is 11.5 Å². The van der Waals surface area contributed by atoms with E-state index in [1.54, 1.807) is 4.90 Å². The number of carbonyl (C=O) groups excluding carboxylic acids is 1. The Balaban J connectivity index is 2.02. The van der Waals surface area contributed by atoms with Gasteiger partial charge in [0.25, 0.3) is 5.91 Å². The molecule has 0 aliphatic carbocycles. The number of aliphatic hydroxyl groups is 1. The van der Waals surface area contributed by atoms with Gasteiger partial charge >= 0.3 is 7.12 Å². The first-order valence-corrected chi connectivity index (χ1v) is 7.15. The average Bonchev–Trinajstić information content (AvgIpc) is 2.57. The molecular weight excluding hydrogens is 257 g/mol. The van der Waals surface area contributed by atoms with E-state index in [1.165, 1.54) is 6.92 Å². The minimum Gasteiger partial charge on any atom is -0.400 e. The molecule has 0 radical (unpaired) electrons. The summed E-state index contributed by atoms with van der Waals surface area (Å²) in [7, 11) is -0.330. The third kappa shape index (κ3) is 2.78. The van der Waals surface area contributed by atoms with E-state index in [-0.39, 0.29) is 24.2 Å². The average molecular weight is 281 g/mol. The predicted octanol–water partition coefficient (Wildman–Crippen LogP) is 1.16. The smallest absolute Gasteiger partial charge is 0.400 e. The number of carbonyl (C=O) groups is 1. The Kier molecular flexibility index (Phi) is 4.02. The van der Waals surface area contributed by atoms with E-state index in [2.05, 4.69) is 0 Å². The van der Waals surface area contributed by atoms with Crippen molar-refractivity contribution in [2.75, 3.05) is 13.1 Å². The Morgan fingerprint density at radius 1 is 1.35 bits per heavy atom. The molecule has 2 rings (SSSR count). The molecule has 0 aromatic rings. The van der Waals surface area contributed by atoms with Crippen molar-refractivity contribution >= 4 is 13.0 Å². The van der Waals surface area contributed by atoms with Crippen LogP contribution in [0.4, 0.5) is 0 Å². The number of amides is 1. The van der Waals surface area contributed by atoms with Gasteiger partial charge in [0, 0.05) is 13.1 Å². The van der Waals surface area contributed by atoms with Gasteiger partial charge in [-0.15, -0.1) is 0 Å². The molecular formula is C14H24BNO4. The Hall–Kier alpha value is -0.845. The van der Waals surface area contributed by atoms with Gasteiger partial charge in [-0.05, 0) is 46.5 Å².